The molecular formula is C7H14N2. The predicted octanol–water partition coefficient (Wildman–Crippen LogP) is -0.0901. The van der Waals surface area contributed by atoms with Crippen LogP contribution in [0.25, 0.3) is 0 Å². The van der Waals surface area contributed by atoms with E-state index in [1.807, 2.05) is 0 Å². The number of hydrogen-bond acceptors (Lipinski definition) is 2. The number of fused-ring (bicyclic) bond motifs is 1. The van der Waals surface area contributed by atoms with Crippen molar-refractivity contribution in [1.29, 1.82) is 0 Å². The summed E-state index contributed by atoms with van der Waals surface area (Å²) in [5.41, 5.74) is 0. The van der Waals surface area contributed by atoms with Gasteiger partial charge in [0.1, 0.15) is 0 Å². The van der Waals surface area contributed by atoms with E-state index in [0.29, 0.717) is 0 Å². The van der Waals surface area contributed by atoms with Crippen LogP contribution < -0.4 is 5.32 Å². The van der Waals surface area contributed by atoms with Gasteiger partial charge in [0, 0.05) is 19.1 Å². The molecule has 2 aliphatic rings. The summed E-state index contributed by atoms with van der Waals surface area (Å²) in [7, 11) is 2.23. The number of rotatable bonds is 0. The molecule has 2 aliphatic heterocycles. The molecule has 9 heavy (non-hydrogen) atoms. The zero-order chi connectivity index (χ0) is 6.27. The third kappa shape index (κ3) is 0.775. The van der Waals surface area contributed by atoms with Crippen molar-refractivity contribution in [3.05, 3.63) is 0 Å². The lowest BCUT2D eigenvalue weighted by atomic mass is 9.84. The zero-order valence-electron chi connectivity index (χ0n) is 5.93. The second kappa shape index (κ2) is 1.96. The first-order chi connectivity index (χ1) is 4.38. The van der Waals surface area contributed by atoms with Gasteiger partial charge in [-0.05, 0) is 25.9 Å². The number of piperidine rings is 1. The molecule has 2 rings (SSSR count). The second-order valence-corrected chi connectivity index (χ2v) is 3.26. The molecule has 0 unspecified atom stereocenters. The van der Waals surface area contributed by atoms with E-state index >= 15 is 0 Å². The van der Waals surface area contributed by atoms with Crippen LogP contribution in [0, 0.1) is 5.92 Å². The maximum absolute atomic E-state index is 3.41. The van der Waals surface area contributed by atoms with Gasteiger partial charge in [-0.2, -0.15) is 0 Å². The Morgan fingerprint density at radius 3 is 3.00 bits per heavy atom. The molecule has 0 radical (unpaired) electrons. The fourth-order valence-electron chi connectivity index (χ4n) is 2.04. The Bertz CT molecular complexity index is 111. The van der Waals surface area contributed by atoms with Gasteiger partial charge in [-0.25, -0.2) is 0 Å². The van der Waals surface area contributed by atoms with Gasteiger partial charge in [0.15, 0.2) is 0 Å². The molecule has 2 heteroatoms. The first-order valence-electron chi connectivity index (χ1n) is 3.79. The van der Waals surface area contributed by atoms with E-state index in [2.05, 4.69) is 17.3 Å². The molecule has 0 saturated carbocycles. The molecule has 2 fully saturated rings. The normalized spacial score (nSPS) is 43.7. The van der Waals surface area contributed by atoms with Crippen LogP contribution in [0.3, 0.4) is 0 Å². The summed E-state index contributed by atoms with van der Waals surface area (Å²) in [4.78, 5) is 2.46. The van der Waals surface area contributed by atoms with Crippen molar-refractivity contribution >= 4 is 0 Å². The summed E-state index contributed by atoms with van der Waals surface area (Å²) in [6, 6.07) is 0.922. The van der Waals surface area contributed by atoms with Gasteiger partial charge < -0.3 is 10.2 Å². The van der Waals surface area contributed by atoms with Gasteiger partial charge >= 0.3 is 0 Å². The average Bonchev–Trinajstić information content (AvgIpc) is 1.86. The summed E-state index contributed by atoms with van der Waals surface area (Å²) in [6.45, 7) is 3.80. The van der Waals surface area contributed by atoms with Crippen LogP contribution in [0.1, 0.15) is 6.42 Å². The van der Waals surface area contributed by atoms with Crippen LogP contribution in [-0.4, -0.2) is 37.6 Å². The molecule has 0 aromatic carbocycles. The fraction of sp³-hybridized carbons (Fsp3) is 1.00. The van der Waals surface area contributed by atoms with Crippen molar-refractivity contribution in [1.82, 2.24) is 10.2 Å². The maximum atomic E-state index is 3.41. The summed E-state index contributed by atoms with van der Waals surface area (Å²) < 4.78 is 0. The van der Waals surface area contributed by atoms with E-state index in [4.69, 9.17) is 0 Å². The average molecular weight is 126 g/mol. The highest BCUT2D eigenvalue weighted by molar-refractivity contribution is 4.93. The smallest absolute Gasteiger partial charge is 0.0157 e. The van der Waals surface area contributed by atoms with Crippen molar-refractivity contribution in [3.63, 3.8) is 0 Å². The van der Waals surface area contributed by atoms with Gasteiger partial charge in [-0.3, -0.25) is 0 Å². The first kappa shape index (κ1) is 5.69. The zero-order valence-corrected chi connectivity index (χ0v) is 5.93. The van der Waals surface area contributed by atoms with Gasteiger partial charge in [0.05, 0.1) is 0 Å². The van der Waals surface area contributed by atoms with Crippen molar-refractivity contribution in [3.8, 4) is 0 Å². The van der Waals surface area contributed by atoms with Crippen molar-refractivity contribution in [2.24, 2.45) is 5.92 Å². The molecule has 2 nitrogen and oxygen atoms in total. The lowest BCUT2D eigenvalue weighted by Crippen LogP contribution is -2.60. The Balaban J connectivity index is 1.94. The van der Waals surface area contributed by atoms with Crippen LogP contribution in [0.5, 0.6) is 0 Å². The molecule has 2 atom stereocenters. The maximum Gasteiger partial charge on any atom is 0.0157 e. The number of likely N-dealkylation sites (tertiary alicyclic amines) is 1. The number of hydrogen-bond donors (Lipinski definition) is 1. The third-order valence-electron chi connectivity index (χ3n) is 2.66. The second-order valence-electron chi connectivity index (χ2n) is 3.26. The Hall–Kier alpha value is -0.0800. The highest BCUT2D eigenvalue weighted by Crippen LogP contribution is 2.26. The standard InChI is InChI=1S/C7H14N2/c1-9-5-6-4-8-3-2-7(6)9/h6-8H,2-5H2,1H3/t6-,7-/m1/s1. The van der Waals surface area contributed by atoms with E-state index in [1.165, 1.54) is 26.1 Å². The van der Waals surface area contributed by atoms with Crippen LogP contribution in [-0.2, 0) is 0 Å². The van der Waals surface area contributed by atoms with Crippen LogP contribution in [0.4, 0.5) is 0 Å². The van der Waals surface area contributed by atoms with Gasteiger partial charge in [0.2, 0.25) is 0 Å². The highest BCUT2D eigenvalue weighted by atomic mass is 15.2. The molecule has 1 N–H and O–H groups in total. The largest absolute Gasteiger partial charge is 0.316 e. The van der Waals surface area contributed by atoms with E-state index in [9.17, 15) is 0 Å². The molecular weight excluding hydrogens is 112 g/mol. The number of nitrogens with one attached hydrogen (secondary N) is 1. The molecule has 2 saturated heterocycles. The Morgan fingerprint density at radius 1 is 1.56 bits per heavy atom. The SMILES string of the molecule is CN1C[C@H]2CNCC[C@H]21. The molecule has 0 aliphatic carbocycles. The van der Waals surface area contributed by atoms with E-state index in [0.717, 1.165) is 12.0 Å². The van der Waals surface area contributed by atoms with Crippen LogP contribution in [0.2, 0.25) is 0 Å². The van der Waals surface area contributed by atoms with Gasteiger partial charge in [-0.1, -0.05) is 0 Å². The third-order valence-corrected chi connectivity index (χ3v) is 2.66. The summed E-state index contributed by atoms with van der Waals surface area (Å²) in [5.74, 6) is 0.976. The molecule has 52 valence electrons. The Kier molecular flexibility index (Phi) is 1.24. The van der Waals surface area contributed by atoms with Crippen molar-refractivity contribution in [2.45, 2.75) is 12.5 Å². The highest BCUT2D eigenvalue weighted by Gasteiger charge is 2.37. The molecule has 0 spiro atoms. The minimum Gasteiger partial charge on any atom is -0.316 e. The van der Waals surface area contributed by atoms with Gasteiger partial charge in [0.25, 0.3) is 0 Å². The van der Waals surface area contributed by atoms with Crippen LogP contribution >= 0.6 is 0 Å². The van der Waals surface area contributed by atoms with Crippen molar-refractivity contribution < 1.29 is 0 Å². The minimum absolute atomic E-state index is 0.922. The topological polar surface area (TPSA) is 15.3 Å². The first-order valence-corrected chi connectivity index (χ1v) is 3.79. The molecule has 0 aromatic heterocycles. The lowest BCUT2D eigenvalue weighted by molar-refractivity contribution is 0.0186. The summed E-state index contributed by atoms with van der Waals surface area (Å²) in [6.07, 6.45) is 1.36. The monoisotopic (exact) mass is 126 g/mol. The quantitative estimate of drug-likeness (QED) is 0.488. The predicted molar refractivity (Wildman–Crippen MR) is 37.4 cm³/mol. The Morgan fingerprint density at radius 2 is 2.44 bits per heavy atom. The van der Waals surface area contributed by atoms with E-state index < -0.39 is 0 Å². The van der Waals surface area contributed by atoms with Gasteiger partial charge in [-0.15, -0.1) is 0 Å². The lowest BCUT2D eigenvalue weighted by Gasteiger charge is -2.49. The molecule has 0 bridgehead atoms. The van der Waals surface area contributed by atoms with Crippen LogP contribution in [0.15, 0.2) is 0 Å². The minimum atomic E-state index is 0.922. The summed E-state index contributed by atoms with van der Waals surface area (Å²) in [5, 5.41) is 3.41. The molecule has 2 heterocycles. The fourth-order valence-corrected chi connectivity index (χ4v) is 2.04. The van der Waals surface area contributed by atoms with E-state index in [1.54, 1.807) is 0 Å². The Labute approximate surface area is 56.2 Å². The number of nitrogens with zero attached hydrogens (tertiary/aromatic N) is 1. The molecule has 0 amide bonds. The molecule has 0 aromatic rings. The summed E-state index contributed by atoms with van der Waals surface area (Å²) >= 11 is 0. The van der Waals surface area contributed by atoms with Crippen molar-refractivity contribution in [2.75, 3.05) is 26.7 Å². The van der Waals surface area contributed by atoms with E-state index in [-0.39, 0.29) is 0 Å².